The van der Waals surface area contributed by atoms with E-state index in [2.05, 4.69) is 29.8 Å². The van der Waals surface area contributed by atoms with E-state index in [1.165, 1.54) is 0 Å². The number of ether oxygens (including phenoxy) is 1. The lowest BCUT2D eigenvalue weighted by atomic mass is 9.87. The molecule has 0 radical (unpaired) electrons. The van der Waals surface area contributed by atoms with Crippen molar-refractivity contribution in [2.24, 2.45) is 17.6 Å². The minimum absolute atomic E-state index is 0.105. The molecule has 2 atom stereocenters. The summed E-state index contributed by atoms with van der Waals surface area (Å²) < 4.78 is 6.30. The number of aliphatic hydroxyl groups excluding tert-OH is 1. The van der Waals surface area contributed by atoms with Gasteiger partial charge < -0.3 is 15.6 Å². The van der Waals surface area contributed by atoms with Gasteiger partial charge in [-0.3, -0.25) is 0 Å². The molecule has 102 valence electrons. The summed E-state index contributed by atoms with van der Waals surface area (Å²) in [5.74, 6) is 1.27. The molecule has 0 aliphatic heterocycles. The molecule has 3 N–H and O–H groups in total. The van der Waals surface area contributed by atoms with Gasteiger partial charge in [0, 0.05) is 10.9 Å². The molecule has 2 unspecified atom stereocenters. The molecule has 0 saturated carbocycles. The van der Waals surface area contributed by atoms with Crippen molar-refractivity contribution in [3.63, 3.8) is 0 Å². The predicted molar refractivity (Wildman–Crippen MR) is 77.8 cm³/mol. The highest BCUT2D eigenvalue weighted by Crippen LogP contribution is 2.26. The standard InChI is InChI=1S/C14H22BrNO2/c1-9(2)12(8-16)13(17)7-10-6-11(15)4-5-14(10)18-3/h4-6,9,12-13,17H,7-8,16H2,1-3H3. The van der Waals surface area contributed by atoms with Crippen LogP contribution in [0.4, 0.5) is 0 Å². The van der Waals surface area contributed by atoms with Gasteiger partial charge in [0.1, 0.15) is 5.75 Å². The summed E-state index contributed by atoms with van der Waals surface area (Å²) in [7, 11) is 1.64. The number of aliphatic hydroxyl groups is 1. The lowest BCUT2D eigenvalue weighted by Gasteiger charge is -2.25. The molecule has 18 heavy (non-hydrogen) atoms. The van der Waals surface area contributed by atoms with Gasteiger partial charge in [-0.05, 0) is 42.1 Å². The Kier molecular flexibility index (Phi) is 6.12. The first-order valence-corrected chi connectivity index (χ1v) is 6.99. The second-order valence-corrected chi connectivity index (χ2v) is 5.79. The molecule has 1 aromatic rings. The van der Waals surface area contributed by atoms with Crippen LogP contribution in [0.5, 0.6) is 5.75 Å². The summed E-state index contributed by atoms with van der Waals surface area (Å²) in [4.78, 5) is 0. The van der Waals surface area contributed by atoms with Crippen LogP contribution < -0.4 is 10.5 Å². The summed E-state index contributed by atoms with van der Waals surface area (Å²) in [6.07, 6.45) is 0.112. The van der Waals surface area contributed by atoms with Gasteiger partial charge in [0.05, 0.1) is 13.2 Å². The van der Waals surface area contributed by atoms with E-state index in [0.717, 1.165) is 15.8 Å². The fraction of sp³-hybridized carbons (Fsp3) is 0.571. The maximum atomic E-state index is 10.3. The summed E-state index contributed by atoms with van der Waals surface area (Å²) in [6, 6.07) is 5.81. The van der Waals surface area contributed by atoms with Crippen LogP contribution in [0.3, 0.4) is 0 Å². The molecule has 0 heterocycles. The van der Waals surface area contributed by atoms with Crippen LogP contribution in [0.2, 0.25) is 0 Å². The second-order valence-electron chi connectivity index (χ2n) is 4.87. The molecular weight excluding hydrogens is 294 g/mol. The van der Waals surface area contributed by atoms with Crippen molar-refractivity contribution in [2.45, 2.75) is 26.4 Å². The Bertz CT molecular complexity index is 382. The van der Waals surface area contributed by atoms with Gasteiger partial charge in [0.15, 0.2) is 0 Å². The zero-order valence-electron chi connectivity index (χ0n) is 11.2. The third kappa shape index (κ3) is 3.97. The average molecular weight is 316 g/mol. The van der Waals surface area contributed by atoms with Crippen LogP contribution in [0.1, 0.15) is 19.4 Å². The monoisotopic (exact) mass is 315 g/mol. The number of benzene rings is 1. The average Bonchev–Trinajstić information content (AvgIpc) is 2.29. The fourth-order valence-corrected chi connectivity index (χ4v) is 2.57. The van der Waals surface area contributed by atoms with Crippen molar-refractivity contribution in [1.82, 2.24) is 0 Å². The van der Waals surface area contributed by atoms with E-state index >= 15 is 0 Å². The van der Waals surface area contributed by atoms with Crippen LogP contribution in [-0.2, 0) is 6.42 Å². The molecule has 0 spiro atoms. The number of halogens is 1. The van der Waals surface area contributed by atoms with Crippen LogP contribution in [-0.4, -0.2) is 24.9 Å². The number of hydrogen-bond donors (Lipinski definition) is 2. The highest BCUT2D eigenvalue weighted by atomic mass is 79.9. The minimum atomic E-state index is -0.446. The minimum Gasteiger partial charge on any atom is -0.496 e. The number of hydrogen-bond acceptors (Lipinski definition) is 3. The van der Waals surface area contributed by atoms with E-state index in [1.54, 1.807) is 7.11 Å². The molecule has 0 fully saturated rings. The van der Waals surface area contributed by atoms with Crippen molar-refractivity contribution < 1.29 is 9.84 Å². The first-order chi connectivity index (χ1) is 8.49. The van der Waals surface area contributed by atoms with Crippen molar-refractivity contribution in [1.29, 1.82) is 0 Å². The Morgan fingerprint density at radius 3 is 2.56 bits per heavy atom. The quantitative estimate of drug-likeness (QED) is 0.848. The van der Waals surface area contributed by atoms with E-state index in [0.29, 0.717) is 18.9 Å². The van der Waals surface area contributed by atoms with Gasteiger partial charge >= 0.3 is 0 Å². The largest absolute Gasteiger partial charge is 0.496 e. The third-order valence-electron chi connectivity index (χ3n) is 3.29. The van der Waals surface area contributed by atoms with Gasteiger partial charge in [-0.15, -0.1) is 0 Å². The van der Waals surface area contributed by atoms with Crippen LogP contribution in [0, 0.1) is 11.8 Å². The molecule has 0 aliphatic rings. The van der Waals surface area contributed by atoms with Crippen LogP contribution in [0.15, 0.2) is 22.7 Å². The van der Waals surface area contributed by atoms with Crippen molar-refractivity contribution in [3.8, 4) is 5.75 Å². The van der Waals surface area contributed by atoms with E-state index in [-0.39, 0.29) is 5.92 Å². The van der Waals surface area contributed by atoms with Crippen molar-refractivity contribution >= 4 is 15.9 Å². The van der Waals surface area contributed by atoms with E-state index in [1.807, 2.05) is 18.2 Å². The molecule has 0 bridgehead atoms. The van der Waals surface area contributed by atoms with E-state index in [4.69, 9.17) is 10.5 Å². The molecule has 0 saturated heterocycles. The molecule has 4 heteroatoms. The Balaban J connectivity index is 2.86. The Morgan fingerprint density at radius 1 is 1.39 bits per heavy atom. The van der Waals surface area contributed by atoms with Gasteiger partial charge in [0.25, 0.3) is 0 Å². The lowest BCUT2D eigenvalue weighted by Crippen LogP contribution is -2.33. The summed E-state index contributed by atoms with van der Waals surface area (Å²) in [5.41, 5.74) is 6.73. The molecule has 1 aromatic carbocycles. The van der Waals surface area contributed by atoms with Gasteiger partial charge in [-0.25, -0.2) is 0 Å². The number of nitrogens with two attached hydrogens (primary N) is 1. The first kappa shape index (κ1) is 15.5. The van der Waals surface area contributed by atoms with E-state index < -0.39 is 6.10 Å². The van der Waals surface area contributed by atoms with Gasteiger partial charge in [-0.1, -0.05) is 29.8 Å². The normalized spacial score (nSPS) is 14.6. The molecule has 3 nitrogen and oxygen atoms in total. The first-order valence-electron chi connectivity index (χ1n) is 6.20. The second kappa shape index (κ2) is 7.12. The Labute approximate surface area is 117 Å². The SMILES string of the molecule is COc1ccc(Br)cc1CC(O)C(CN)C(C)C. The Hall–Kier alpha value is -0.580. The summed E-state index contributed by atoms with van der Waals surface area (Å²) >= 11 is 3.44. The van der Waals surface area contributed by atoms with Gasteiger partial charge in [0.2, 0.25) is 0 Å². The highest BCUT2D eigenvalue weighted by molar-refractivity contribution is 9.10. The Morgan fingerprint density at radius 2 is 2.06 bits per heavy atom. The molecule has 0 aromatic heterocycles. The molecular formula is C14H22BrNO2. The fourth-order valence-electron chi connectivity index (χ4n) is 2.16. The number of rotatable bonds is 6. The van der Waals surface area contributed by atoms with Gasteiger partial charge in [-0.2, -0.15) is 0 Å². The van der Waals surface area contributed by atoms with Crippen LogP contribution in [0.25, 0.3) is 0 Å². The predicted octanol–water partition coefficient (Wildman–Crippen LogP) is 2.59. The van der Waals surface area contributed by atoms with E-state index in [9.17, 15) is 5.11 Å². The molecule has 0 amide bonds. The third-order valence-corrected chi connectivity index (χ3v) is 3.79. The molecule has 0 aliphatic carbocycles. The van der Waals surface area contributed by atoms with Crippen molar-refractivity contribution in [3.05, 3.63) is 28.2 Å². The number of methoxy groups -OCH3 is 1. The van der Waals surface area contributed by atoms with Crippen LogP contribution >= 0.6 is 15.9 Å². The topological polar surface area (TPSA) is 55.5 Å². The maximum Gasteiger partial charge on any atom is 0.122 e. The lowest BCUT2D eigenvalue weighted by molar-refractivity contribution is 0.0857. The molecule has 1 rings (SSSR count). The maximum absolute atomic E-state index is 10.3. The smallest absolute Gasteiger partial charge is 0.122 e. The summed E-state index contributed by atoms with van der Waals surface area (Å²) in [6.45, 7) is 4.66. The van der Waals surface area contributed by atoms with Crippen molar-refractivity contribution in [2.75, 3.05) is 13.7 Å². The zero-order chi connectivity index (χ0) is 13.7. The summed E-state index contributed by atoms with van der Waals surface area (Å²) in [5, 5.41) is 10.3. The highest BCUT2D eigenvalue weighted by Gasteiger charge is 2.22. The zero-order valence-corrected chi connectivity index (χ0v) is 12.8.